The second-order valence-electron chi connectivity index (χ2n) is 10.2. The number of para-hydroxylation sites is 3. The number of nitrogens with one attached hydrogen (secondary N) is 1. The van der Waals surface area contributed by atoms with Crippen LogP contribution in [0.25, 0.3) is 0 Å². The molecule has 0 bridgehead atoms. The Hall–Kier alpha value is -4.29. The standard InChI is InChI=1S/C33H33N3O3/c37-32-33(36(25-34-32)28-13-5-2-6-14-28)18-20-35(21-19-33)23-27-12-9-15-29(22-27)39-31-17-8-7-16-30(31)38-24-26-10-3-1-4-11-26/h1-17,22H,18-21,23-25H2,(H,34,37). The van der Waals surface area contributed by atoms with Gasteiger partial charge in [-0.2, -0.15) is 0 Å². The van der Waals surface area contributed by atoms with E-state index < -0.39 is 5.54 Å². The topological polar surface area (TPSA) is 54.0 Å². The number of anilines is 1. The van der Waals surface area contributed by atoms with Crippen LogP contribution < -0.4 is 19.7 Å². The Kier molecular flexibility index (Phi) is 7.19. The number of piperidine rings is 1. The monoisotopic (exact) mass is 519 g/mol. The number of carbonyl (C=O) groups excluding carboxylic acids is 1. The largest absolute Gasteiger partial charge is 0.485 e. The van der Waals surface area contributed by atoms with Crippen molar-refractivity contribution >= 4 is 11.6 Å². The van der Waals surface area contributed by atoms with E-state index in [1.807, 2.05) is 84.9 Å². The first-order valence-electron chi connectivity index (χ1n) is 13.6. The van der Waals surface area contributed by atoms with Crippen LogP contribution in [0.1, 0.15) is 24.0 Å². The zero-order valence-electron chi connectivity index (χ0n) is 22.0. The average molecular weight is 520 g/mol. The molecule has 0 aliphatic carbocycles. The molecule has 2 fully saturated rings. The van der Waals surface area contributed by atoms with Crippen LogP contribution in [0.5, 0.6) is 17.2 Å². The number of rotatable bonds is 8. The molecule has 6 rings (SSSR count). The highest BCUT2D eigenvalue weighted by molar-refractivity contribution is 5.93. The summed E-state index contributed by atoms with van der Waals surface area (Å²) in [6, 6.07) is 36.4. The Labute approximate surface area is 229 Å². The van der Waals surface area contributed by atoms with Crippen molar-refractivity contribution in [3.8, 4) is 17.2 Å². The lowest BCUT2D eigenvalue weighted by Gasteiger charge is -2.43. The van der Waals surface area contributed by atoms with Crippen LogP contribution in [0.4, 0.5) is 5.69 Å². The summed E-state index contributed by atoms with van der Waals surface area (Å²) in [5.41, 5.74) is 2.93. The van der Waals surface area contributed by atoms with Crippen molar-refractivity contribution in [3.05, 3.63) is 120 Å². The first kappa shape index (κ1) is 25.0. The minimum Gasteiger partial charge on any atom is -0.485 e. The third-order valence-electron chi connectivity index (χ3n) is 7.71. The predicted octanol–water partition coefficient (Wildman–Crippen LogP) is 5.99. The van der Waals surface area contributed by atoms with Crippen LogP contribution in [-0.4, -0.2) is 36.1 Å². The minimum absolute atomic E-state index is 0.148. The Morgan fingerprint density at radius 3 is 2.18 bits per heavy atom. The van der Waals surface area contributed by atoms with Crippen LogP contribution in [0, 0.1) is 0 Å². The van der Waals surface area contributed by atoms with E-state index in [-0.39, 0.29) is 5.91 Å². The fourth-order valence-corrected chi connectivity index (χ4v) is 5.60. The van der Waals surface area contributed by atoms with E-state index in [1.165, 1.54) is 5.56 Å². The lowest BCUT2D eigenvalue weighted by atomic mass is 9.85. The molecule has 6 heteroatoms. The smallest absolute Gasteiger partial charge is 0.247 e. The quantitative estimate of drug-likeness (QED) is 0.310. The van der Waals surface area contributed by atoms with Crippen LogP contribution in [0.15, 0.2) is 109 Å². The number of amides is 1. The zero-order valence-corrected chi connectivity index (χ0v) is 22.0. The molecule has 198 valence electrons. The summed E-state index contributed by atoms with van der Waals surface area (Å²) in [6.07, 6.45) is 1.60. The molecule has 1 amide bonds. The summed E-state index contributed by atoms with van der Waals surface area (Å²) in [5, 5.41) is 3.09. The highest BCUT2D eigenvalue weighted by Crippen LogP contribution is 2.37. The van der Waals surface area contributed by atoms with Gasteiger partial charge in [-0.05, 0) is 60.4 Å². The van der Waals surface area contributed by atoms with E-state index >= 15 is 0 Å². The minimum atomic E-state index is -0.466. The molecule has 39 heavy (non-hydrogen) atoms. The maximum absolute atomic E-state index is 13.0. The van der Waals surface area contributed by atoms with Gasteiger partial charge in [-0.15, -0.1) is 0 Å². The molecular formula is C33H33N3O3. The molecule has 2 heterocycles. The van der Waals surface area contributed by atoms with Gasteiger partial charge in [0.05, 0.1) is 6.67 Å². The van der Waals surface area contributed by atoms with E-state index in [4.69, 9.17) is 9.47 Å². The normalized spacial score (nSPS) is 16.7. The number of hydrogen-bond donors (Lipinski definition) is 1. The van der Waals surface area contributed by atoms with Gasteiger partial charge in [-0.3, -0.25) is 9.69 Å². The van der Waals surface area contributed by atoms with Crippen molar-refractivity contribution < 1.29 is 14.3 Å². The maximum atomic E-state index is 13.0. The number of carbonyl (C=O) groups is 1. The third-order valence-corrected chi connectivity index (χ3v) is 7.71. The van der Waals surface area contributed by atoms with Crippen molar-refractivity contribution in [1.29, 1.82) is 0 Å². The first-order chi connectivity index (χ1) is 19.2. The molecule has 0 unspecified atom stereocenters. The lowest BCUT2D eigenvalue weighted by molar-refractivity contribution is -0.125. The molecule has 4 aromatic carbocycles. The van der Waals surface area contributed by atoms with Gasteiger partial charge in [0.1, 0.15) is 17.9 Å². The number of likely N-dealkylation sites (tertiary alicyclic amines) is 1. The molecule has 2 saturated heterocycles. The highest BCUT2D eigenvalue weighted by atomic mass is 16.5. The van der Waals surface area contributed by atoms with E-state index in [9.17, 15) is 4.79 Å². The van der Waals surface area contributed by atoms with E-state index in [0.717, 1.165) is 49.5 Å². The van der Waals surface area contributed by atoms with Crippen molar-refractivity contribution in [3.63, 3.8) is 0 Å². The van der Waals surface area contributed by atoms with E-state index in [1.54, 1.807) is 0 Å². The van der Waals surface area contributed by atoms with Crippen LogP contribution in [0.3, 0.4) is 0 Å². The van der Waals surface area contributed by atoms with Gasteiger partial charge in [0.15, 0.2) is 11.5 Å². The van der Waals surface area contributed by atoms with Crippen LogP contribution >= 0.6 is 0 Å². The molecule has 0 saturated carbocycles. The van der Waals surface area contributed by atoms with Gasteiger partial charge in [0, 0.05) is 25.3 Å². The molecule has 0 atom stereocenters. The Morgan fingerprint density at radius 2 is 1.41 bits per heavy atom. The highest BCUT2D eigenvalue weighted by Gasteiger charge is 2.50. The van der Waals surface area contributed by atoms with Crippen molar-refractivity contribution in [1.82, 2.24) is 10.2 Å². The van der Waals surface area contributed by atoms with E-state index in [2.05, 4.69) is 39.4 Å². The fourth-order valence-electron chi connectivity index (χ4n) is 5.60. The van der Waals surface area contributed by atoms with Gasteiger partial charge in [0.2, 0.25) is 5.91 Å². The SMILES string of the molecule is O=C1NCN(c2ccccc2)C12CCN(Cc1cccc(Oc3ccccc3OCc3ccccc3)c1)CC2. The summed E-state index contributed by atoms with van der Waals surface area (Å²) in [5.74, 6) is 2.33. The molecule has 2 aliphatic rings. The first-order valence-corrected chi connectivity index (χ1v) is 13.6. The van der Waals surface area contributed by atoms with Gasteiger partial charge in [-0.1, -0.05) is 72.8 Å². The molecule has 1 spiro atoms. The van der Waals surface area contributed by atoms with Crippen molar-refractivity contribution in [2.75, 3.05) is 24.7 Å². The second-order valence-corrected chi connectivity index (χ2v) is 10.2. The Morgan fingerprint density at radius 1 is 0.744 bits per heavy atom. The van der Waals surface area contributed by atoms with Gasteiger partial charge in [-0.25, -0.2) is 0 Å². The molecule has 6 nitrogen and oxygen atoms in total. The molecule has 2 aliphatic heterocycles. The van der Waals surface area contributed by atoms with Gasteiger partial charge in [0.25, 0.3) is 0 Å². The van der Waals surface area contributed by atoms with E-state index in [0.29, 0.717) is 24.8 Å². The maximum Gasteiger partial charge on any atom is 0.247 e. The predicted molar refractivity (Wildman–Crippen MR) is 153 cm³/mol. The lowest BCUT2D eigenvalue weighted by Crippen LogP contribution is -2.56. The summed E-state index contributed by atoms with van der Waals surface area (Å²) in [4.78, 5) is 17.6. The molecule has 4 aromatic rings. The zero-order chi connectivity index (χ0) is 26.5. The number of benzene rings is 4. The van der Waals surface area contributed by atoms with Crippen LogP contribution in [-0.2, 0) is 17.9 Å². The van der Waals surface area contributed by atoms with Crippen molar-refractivity contribution in [2.24, 2.45) is 0 Å². The third kappa shape index (κ3) is 5.47. The van der Waals surface area contributed by atoms with Crippen molar-refractivity contribution in [2.45, 2.75) is 31.5 Å². The molecule has 0 radical (unpaired) electrons. The number of nitrogens with zero attached hydrogens (tertiary/aromatic N) is 2. The fraction of sp³-hybridized carbons (Fsp3) is 0.242. The summed E-state index contributed by atoms with van der Waals surface area (Å²) in [6.45, 7) is 3.58. The second kappa shape index (κ2) is 11.2. The average Bonchev–Trinajstić information content (AvgIpc) is 3.30. The summed E-state index contributed by atoms with van der Waals surface area (Å²) in [7, 11) is 0. The molecule has 1 N–H and O–H groups in total. The van der Waals surface area contributed by atoms with Gasteiger partial charge >= 0.3 is 0 Å². The Bertz CT molecular complexity index is 1400. The van der Waals surface area contributed by atoms with Crippen LogP contribution in [0.2, 0.25) is 0 Å². The molecular weight excluding hydrogens is 486 g/mol. The Balaban J connectivity index is 1.09. The number of ether oxygens (including phenoxy) is 2. The summed E-state index contributed by atoms with van der Waals surface area (Å²) < 4.78 is 12.4. The molecule has 0 aromatic heterocycles. The van der Waals surface area contributed by atoms with Gasteiger partial charge < -0.3 is 19.7 Å². The number of hydrogen-bond acceptors (Lipinski definition) is 5. The summed E-state index contributed by atoms with van der Waals surface area (Å²) >= 11 is 0.